The van der Waals surface area contributed by atoms with E-state index in [1.807, 2.05) is 13.0 Å². The zero-order valence-corrected chi connectivity index (χ0v) is 9.14. The Morgan fingerprint density at radius 3 is 2.94 bits per heavy atom. The van der Waals surface area contributed by atoms with Crippen LogP contribution < -0.4 is 0 Å². The fraction of sp³-hybridized carbons (Fsp3) is 0.100. The van der Waals surface area contributed by atoms with Gasteiger partial charge in [0.2, 0.25) is 5.82 Å². The van der Waals surface area contributed by atoms with Gasteiger partial charge in [0.25, 0.3) is 0 Å². The molecule has 0 unspecified atom stereocenters. The lowest BCUT2D eigenvalue weighted by molar-refractivity contribution is 0.574. The smallest absolute Gasteiger partial charge is 0.205 e. The predicted octanol–water partition coefficient (Wildman–Crippen LogP) is 2.35. The van der Waals surface area contributed by atoms with Crippen molar-refractivity contribution in [2.75, 3.05) is 0 Å². The first kappa shape index (κ1) is 9.35. The van der Waals surface area contributed by atoms with Gasteiger partial charge in [-0.15, -0.1) is 10.2 Å². The second-order valence-corrected chi connectivity index (χ2v) is 3.77. The fourth-order valence-corrected chi connectivity index (χ4v) is 1.79. The first-order valence-corrected chi connectivity index (χ1v) is 5.04. The molecule has 0 bridgehead atoms. The van der Waals surface area contributed by atoms with Gasteiger partial charge in [0.1, 0.15) is 5.15 Å². The van der Waals surface area contributed by atoms with E-state index in [0.29, 0.717) is 22.4 Å². The number of hydrogen-bond acceptors (Lipinski definition) is 4. The Balaban J connectivity index is 2.37. The van der Waals surface area contributed by atoms with Crippen molar-refractivity contribution in [3.63, 3.8) is 0 Å². The summed E-state index contributed by atoms with van der Waals surface area (Å²) in [7, 11) is 0. The molecule has 0 aliphatic heterocycles. The van der Waals surface area contributed by atoms with Gasteiger partial charge in [0.15, 0.2) is 11.4 Å². The Morgan fingerprint density at radius 2 is 2.19 bits per heavy atom. The molecular formula is C10H7ClN4O. The highest BCUT2D eigenvalue weighted by Crippen LogP contribution is 2.25. The molecule has 5 nitrogen and oxygen atoms in total. The minimum absolute atomic E-state index is 0.452. The second kappa shape index (κ2) is 3.31. The summed E-state index contributed by atoms with van der Waals surface area (Å²) < 4.78 is 7.06. The van der Waals surface area contributed by atoms with Crippen LogP contribution in [0.1, 0.15) is 5.56 Å². The van der Waals surface area contributed by atoms with Gasteiger partial charge in [-0.25, -0.2) is 0 Å². The maximum absolute atomic E-state index is 6.05. The van der Waals surface area contributed by atoms with Crippen molar-refractivity contribution >= 4 is 17.2 Å². The van der Waals surface area contributed by atoms with Crippen molar-refractivity contribution in [3.05, 3.63) is 35.4 Å². The van der Waals surface area contributed by atoms with Crippen molar-refractivity contribution < 1.29 is 4.42 Å². The molecule has 0 spiro atoms. The average molecular weight is 235 g/mol. The monoisotopic (exact) mass is 234 g/mol. The van der Waals surface area contributed by atoms with E-state index in [1.54, 1.807) is 23.1 Å². The molecule has 0 aromatic carbocycles. The largest absolute Gasteiger partial charge is 0.461 e. The summed E-state index contributed by atoms with van der Waals surface area (Å²) in [5, 5.41) is 8.49. The van der Waals surface area contributed by atoms with Gasteiger partial charge in [-0.1, -0.05) is 11.6 Å². The number of aryl methyl sites for hydroxylation is 1. The fourth-order valence-electron chi connectivity index (χ4n) is 1.56. The molecule has 3 rings (SSSR count). The molecule has 0 radical (unpaired) electrons. The minimum atomic E-state index is 0.452. The van der Waals surface area contributed by atoms with Gasteiger partial charge >= 0.3 is 0 Å². The van der Waals surface area contributed by atoms with E-state index in [1.165, 1.54) is 0 Å². The maximum atomic E-state index is 6.05. The Bertz CT molecular complexity index is 658. The lowest BCUT2D eigenvalue weighted by Crippen LogP contribution is -1.92. The summed E-state index contributed by atoms with van der Waals surface area (Å²) in [4.78, 5) is 3.94. The van der Waals surface area contributed by atoms with Crippen LogP contribution in [0.15, 0.2) is 29.1 Å². The zero-order valence-electron chi connectivity index (χ0n) is 8.38. The van der Waals surface area contributed by atoms with Gasteiger partial charge in [-0.3, -0.25) is 9.38 Å². The first-order valence-electron chi connectivity index (χ1n) is 4.66. The lowest BCUT2D eigenvalue weighted by atomic mass is 10.3. The van der Waals surface area contributed by atoms with Gasteiger partial charge < -0.3 is 4.42 Å². The molecule has 3 aromatic rings. The summed E-state index contributed by atoms with van der Waals surface area (Å²) >= 11 is 6.05. The summed E-state index contributed by atoms with van der Waals surface area (Å²) in [6, 6.07) is 1.87. The molecule has 0 aliphatic rings. The highest BCUT2D eigenvalue weighted by Gasteiger charge is 2.15. The number of nitrogens with zero attached hydrogens (tertiary/aromatic N) is 4. The molecule has 0 aliphatic carbocycles. The number of rotatable bonds is 1. The average Bonchev–Trinajstić information content (AvgIpc) is 2.84. The Labute approximate surface area is 95.7 Å². The maximum Gasteiger partial charge on any atom is 0.205 e. The Morgan fingerprint density at radius 1 is 1.31 bits per heavy atom. The van der Waals surface area contributed by atoms with E-state index >= 15 is 0 Å². The normalized spacial score (nSPS) is 11.1. The van der Waals surface area contributed by atoms with Crippen LogP contribution in [0.4, 0.5) is 0 Å². The van der Waals surface area contributed by atoms with Crippen LogP contribution in [-0.4, -0.2) is 19.6 Å². The topological polar surface area (TPSA) is 56.2 Å². The van der Waals surface area contributed by atoms with Gasteiger partial charge in [0.05, 0.1) is 18.7 Å². The van der Waals surface area contributed by atoms with Gasteiger partial charge in [0, 0.05) is 0 Å². The summed E-state index contributed by atoms with van der Waals surface area (Å²) in [6.45, 7) is 1.94. The zero-order chi connectivity index (χ0) is 11.1. The quantitative estimate of drug-likeness (QED) is 0.649. The molecule has 6 heteroatoms. The first-order chi connectivity index (χ1) is 7.77. The third-order valence-electron chi connectivity index (χ3n) is 2.34. The number of furan rings is 1. The van der Waals surface area contributed by atoms with Crippen molar-refractivity contribution in [2.24, 2.45) is 0 Å². The number of halogens is 1. The highest BCUT2D eigenvalue weighted by molar-refractivity contribution is 6.29. The van der Waals surface area contributed by atoms with Crippen LogP contribution in [0.2, 0.25) is 5.15 Å². The van der Waals surface area contributed by atoms with Crippen molar-refractivity contribution in [2.45, 2.75) is 6.92 Å². The van der Waals surface area contributed by atoms with Gasteiger partial charge in [-0.2, -0.15) is 0 Å². The Kier molecular flexibility index (Phi) is 1.94. The molecule has 0 saturated heterocycles. The Hall–Kier alpha value is -1.88. The van der Waals surface area contributed by atoms with Crippen molar-refractivity contribution in [3.8, 4) is 11.6 Å². The number of fused-ring (bicyclic) bond motifs is 1. The molecule has 3 heterocycles. The molecule has 0 fully saturated rings. The molecule has 80 valence electrons. The van der Waals surface area contributed by atoms with E-state index in [9.17, 15) is 0 Å². The molecule has 0 N–H and O–H groups in total. The third-order valence-corrected chi connectivity index (χ3v) is 2.60. The molecular weight excluding hydrogens is 228 g/mol. The highest BCUT2D eigenvalue weighted by atomic mass is 35.5. The van der Waals surface area contributed by atoms with Crippen molar-refractivity contribution in [1.29, 1.82) is 0 Å². The molecule has 0 saturated carbocycles. The summed E-state index contributed by atoms with van der Waals surface area (Å²) in [5.74, 6) is 1.26. The standard InChI is InChI=1S/C10H7ClN4O/c1-6-2-3-16-9(6)10-14-13-8-5-12-4-7(11)15(8)10/h2-5H,1H3. The summed E-state index contributed by atoms with van der Waals surface area (Å²) in [5.41, 5.74) is 1.58. The lowest BCUT2D eigenvalue weighted by Gasteiger charge is -1.99. The van der Waals surface area contributed by atoms with Crippen LogP contribution in [0, 0.1) is 6.92 Å². The third kappa shape index (κ3) is 1.22. The van der Waals surface area contributed by atoms with E-state index in [2.05, 4.69) is 15.2 Å². The second-order valence-electron chi connectivity index (χ2n) is 3.38. The molecule has 3 aromatic heterocycles. The van der Waals surface area contributed by atoms with E-state index in [0.717, 1.165) is 5.56 Å². The van der Waals surface area contributed by atoms with Crippen LogP contribution in [0.3, 0.4) is 0 Å². The van der Waals surface area contributed by atoms with Crippen LogP contribution in [-0.2, 0) is 0 Å². The molecule has 16 heavy (non-hydrogen) atoms. The van der Waals surface area contributed by atoms with E-state index < -0.39 is 0 Å². The van der Waals surface area contributed by atoms with E-state index in [4.69, 9.17) is 16.0 Å². The van der Waals surface area contributed by atoms with Crippen molar-refractivity contribution in [1.82, 2.24) is 19.6 Å². The minimum Gasteiger partial charge on any atom is -0.461 e. The molecule has 0 atom stereocenters. The van der Waals surface area contributed by atoms with Crippen LogP contribution in [0.5, 0.6) is 0 Å². The SMILES string of the molecule is Cc1ccoc1-c1nnc2cncc(Cl)n12. The molecule has 0 amide bonds. The van der Waals surface area contributed by atoms with Crippen LogP contribution in [0.25, 0.3) is 17.2 Å². The number of hydrogen-bond donors (Lipinski definition) is 0. The van der Waals surface area contributed by atoms with E-state index in [-0.39, 0.29) is 0 Å². The van der Waals surface area contributed by atoms with Gasteiger partial charge in [-0.05, 0) is 18.6 Å². The predicted molar refractivity (Wildman–Crippen MR) is 58.2 cm³/mol. The summed E-state index contributed by atoms with van der Waals surface area (Å²) in [6.07, 6.45) is 4.75. The number of aromatic nitrogens is 4. The van der Waals surface area contributed by atoms with Crippen LogP contribution >= 0.6 is 11.6 Å².